The molecule has 1 atom stereocenters. The Morgan fingerprint density at radius 1 is 0.947 bits per heavy atom. The lowest BCUT2D eigenvalue weighted by Crippen LogP contribution is -2.55. The Balaban J connectivity index is 0.000000902. The van der Waals surface area contributed by atoms with Gasteiger partial charge in [0.2, 0.25) is 5.91 Å². The first-order valence-electron chi connectivity index (χ1n) is 7.11. The number of nitrogens with zero attached hydrogens (tertiary/aromatic N) is 2. The van der Waals surface area contributed by atoms with Gasteiger partial charge in [-0.15, -0.1) is 24.8 Å². The molecule has 1 saturated carbocycles. The molecule has 3 rings (SSSR count). The van der Waals surface area contributed by atoms with Crippen molar-refractivity contribution in [1.29, 1.82) is 0 Å². The van der Waals surface area contributed by atoms with E-state index in [1.54, 1.807) is 0 Å². The monoisotopic (exact) mass is 309 g/mol. The van der Waals surface area contributed by atoms with Gasteiger partial charge in [-0.2, -0.15) is 0 Å². The maximum absolute atomic E-state index is 12.3. The van der Waals surface area contributed by atoms with Crippen molar-refractivity contribution in [2.24, 2.45) is 0 Å². The molecule has 0 aromatic rings. The highest BCUT2D eigenvalue weighted by Gasteiger charge is 2.33. The number of piperidine rings is 1. The number of carbonyl (C=O) groups excluding carboxylic acids is 1. The van der Waals surface area contributed by atoms with Crippen molar-refractivity contribution in [2.45, 2.75) is 44.2 Å². The van der Waals surface area contributed by atoms with E-state index in [1.165, 1.54) is 25.7 Å². The van der Waals surface area contributed by atoms with Crippen LogP contribution in [0.2, 0.25) is 0 Å². The fraction of sp³-hybridized carbons (Fsp3) is 0.923. The normalized spacial score (nSPS) is 28.2. The van der Waals surface area contributed by atoms with Crippen LogP contribution in [-0.4, -0.2) is 60.5 Å². The van der Waals surface area contributed by atoms with Gasteiger partial charge in [-0.3, -0.25) is 9.69 Å². The second-order valence-electron chi connectivity index (χ2n) is 5.59. The number of piperazine rings is 1. The Labute approximate surface area is 128 Å². The second kappa shape index (κ2) is 7.67. The van der Waals surface area contributed by atoms with E-state index in [1.807, 2.05) is 0 Å². The van der Waals surface area contributed by atoms with Crippen LogP contribution in [-0.2, 0) is 4.79 Å². The zero-order valence-corrected chi connectivity index (χ0v) is 13.0. The number of hydrogen-bond acceptors (Lipinski definition) is 3. The molecule has 0 unspecified atom stereocenters. The molecule has 4 nitrogen and oxygen atoms in total. The van der Waals surface area contributed by atoms with E-state index in [0.717, 1.165) is 45.2 Å². The molecule has 2 saturated heterocycles. The lowest BCUT2D eigenvalue weighted by Gasteiger charge is -2.37. The van der Waals surface area contributed by atoms with Crippen molar-refractivity contribution >= 4 is 30.7 Å². The largest absolute Gasteiger partial charge is 0.339 e. The summed E-state index contributed by atoms with van der Waals surface area (Å²) in [6, 6.07) is 0.955. The Bertz CT molecular complexity index is 286. The second-order valence-corrected chi connectivity index (χ2v) is 5.59. The zero-order valence-electron chi connectivity index (χ0n) is 11.3. The van der Waals surface area contributed by atoms with Crippen LogP contribution in [0.15, 0.2) is 0 Å². The third-order valence-corrected chi connectivity index (χ3v) is 4.30. The summed E-state index contributed by atoms with van der Waals surface area (Å²) in [6.07, 6.45) is 6.20. The maximum Gasteiger partial charge on any atom is 0.239 e. The van der Waals surface area contributed by atoms with Crippen molar-refractivity contribution in [2.75, 3.05) is 32.7 Å². The molecule has 0 aromatic heterocycles. The summed E-state index contributed by atoms with van der Waals surface area (Å²) in [5.41, 5.74) is 0. The van der Waals surface area contributed by atoms with Gasteiger partial charge >= 0.3 is 0 Å². The molecule has 19 heavy (non-hydrogen) atoms. The fourth-order valence-electron chi connectivity index (χ4n) is 3.03. The maximum atomic E-state index is 12.3. The van der Waals surface area contributed by atoms with E-state index < -0.39 is 0 Å². The third kappa shape index (κ3) is 4.22. The number of halogens is 2. The Kier molecular flexibility index (Phi) is 6.87. The van der Waals surface area contributed by atoms with Crippen LogP contribution in [0.5, 0.6) is 0 Å². The Hall–Kier alpha value is -0.0300. The fourth-order valence-corrected chi connectivity index (χ4v) is 3.03. The van der Waals surface area contributed by atoms with E-state index in [-0.39, 0.29) is 30.9 Å². The van der Waals surface area contributed by atoms with Crippen molar-refractivity contribution < 1.29 is 4.79 Å². The molecule has 0 bridgehead atoms. The third-order valence-electron chi connectivity index (χ3n) is 4.30. The smallest absolute Gasteiger partial charge is 0.239 e. The van der Waals surface area contributed by atoms with Crippen molar-refractivity contribution in [3.05, 3.63) is 0 Å². The van der Waals surface area contributed by atoms with E-state index in [9.17, 15) is 4.79 Å². The number of carbonyl (C=O) groups is 1. The van der Waals surface area contributed by atoms with Crippen LogP contribution in [0.3, 0.4) is 0 Å². The van der Waals surface area contributed by atoms with E-state index in [2.05, 4.69) is 15.1 Å². The standard InChI is InChI=1S/C13H23N3O.2ClH/c17-13(12-3-1-2-6-14-12)16-9-7-15(8-10-16)11-4-5-11;;/h11-12,14H,1-10H2;2*1H/t12-;;/m1../s1. The summed E-state index contributed by atoms with van der Waals surface area (Å²) in [6.45, 7) is 5.06. The van der Waals surface area contributed by atoms with Crippen LogP contribution in [0.1, 0.15) is 32.1 Å². The number of amides is 1. The lowest BCUT2D eigenvalue weighted by atomic mass is 10.0. The summed E-state index contributed by atoms with van der Waals surface area (Å²) in [7, 11) is 0. The molecule has 3 aliphatic rings. The van der Waals surface area contributed by atoms with E-state index in [0.29, 0.717) is 5.91 Å². The summed E-state index contributed by atoms with van der Waals surface area (Å²) in [4.78, 5) is 16.9. The van der Waals surface area contributed by atoms with Gasteiger partial charge in [-0.05, 0) is 32.2 Å². The molecule has 2 heterocycles. The highest BCUT2D eigenvalue weighted by atomic mass is 35.5. The number of rotatable bonds is 2. The minimum atomic E-state index is 0. The minimum absolute atomic E-state index is 0. The molecular weight excluding hydrogens is 285 g/mol. The summed E-state index contributed by atoms with van der Waals surface area (Å²) < 4.78 is 0. The topological polar surface area (TPSA) is 35.6 Å². The molecule has 1 aliphatic carbocycles. The number of hydrogen-bond donors (Lipinski definition) is 1. The average molecular weight is 310 g/mol. The van der Waals surface area contributed by atoms with Gasteiger partial charge in [0.1, 0.15) is 0 Å². The minimum Gasteiger partial charge on any atom is -0.339 e. The van der Waals surface area contributed by atoms with E-state index >= 15 is 0 Å². The van der Waals surface area contributed by atoms with Gasteiger partial charge in [-0.1, -0.05) is 6.42 Å². The summed E-state index contributed by atoms with van der Waals surface area (Å²) in [5, 5.41) is 3.36. The SMILES string of the molecule is Cl.Cl.O=C([C@H]1CCCCN1)N1CCN(C2CC2)CC1. The van der Waals surface area contributed by atoms with Crippen LogP contribution in [0, 0.1) is 0 Å². The van der Waals surface area contributed by atoms with Gasteiger partial charge < -0.3 is 10.2 Å². The van der Waals surface area contributed by atoms with E-state index in [4.69, 9.17) is 0 Å². The highest BCUT2D eigenvalue weighted by molar-refractivity contribution is 5.85. The molecule has 1 amide bonds. The molecular formula is C13H25Cl2N3O. The predicted molar refractivity (Wildman–Crippen MR) is 81.3 cm³/mol. The van der Waals surface area contributed by atoms with Gasteiger partial charge in [-0.25, -0.2) is 0 Å². The molecule has 0 radical (unpaired) electrons. The van der Waals surface area contributed by atoms with Crippen LogP contribution in [0.4, 0.5) is 0 Å². The zero-order chi connectivity index (χ0) is 11.7. The van der Waals surface area contributed by atoms with Crippen molar-refractivity contribution in [1.82, 2.24) is 15.1 Å². The summed E-state index contributed by atoms with van der Waals surface area (Å²) in [5.74, 6) is 0.347. The van der Waals surface area contributed by atoms with Gasteiger partial charge in [0, 0.05) is 32.2 Å². The number of nitrogens with one attached hydrogen (secondary N) is 1. The molecule has 1 N–H and O–H groups in total. The first kappa shape index (κ1) is 17.0. The Morgan fingerprint density at radius 2 is 1.63 bits per heavy atom. The first-order chi connectivity index (χ1) is 8.34. The van der Waals surface area contributed by atoms with Crippen LogP contribution >= 0.6 is 24.8 Å². The quantitative estimate of drug-likeness (QED) is 0.834. The van der Waals surface area contributed by atoms with Gasteiger partial charge in [0.25, 0.3) is 0 Å². The Morgan fingerprint density at radius 3 is 2.16 bits per heavy atom. The lowest BCUT2D eigenvalue weighted by molar-refractivity contribution is -0.135. The summed E-state index contributed by atoms with van der Waals surface area (Å²) >= 11 is 0. The average Bonchev–Trinajstić information content (AvgIpc) is 3.24. The molecule has 112 valence electrons. The van der Waals surface area contributed by atoms with Crippen molar-refractivity contribution in [3.8, 4) is 0 Å². The molecule has 2 aliphatic heterocycles. The molecule has 0 spiro atoms. The molecule has 6 heteroatoms. The first-order valence-corrected chi connectivity index (χ1v) is 7.11. The van der Waals surface area contributed by atoms with Crippen LogP contribution < -0.4 is 5.32 Å². The van der Waals surface area contributed by atoms with Gasteiger partial charge in [0.05, 0.1) is 6.04 Å². The van der Waals surface area contributed by atoms with Crippen molar-refractivity contribution in [3.63, 3.8) is 0 Å². The predicted octanol–water partition coefficient (Wildman–Crippen LogP) is 1.28. The van der Waals surface area contributed by atoms with Gasteiger partial charge in [0.15, 0.2) is 0 Å². The highest BCUT2D eigenvalue weighted by Crippen LogP contribution is 2.27. The molecule has 0 aromatic carbocycles. The van der Waals surface area contributed by atoms with Crippen LogP contribution in [0.25, 0.3) is 0 Å². The molecule has 3 fully saturated rings.